The average Bonchev–Trinajstić information content (AvgIpc) is 1.97. The molecule has 0 saturated carbocycles. The highest BCUT2D eigenvalue weighted by atomic mass is 35.5. The molecule has 0 radical (unpaired) electrons. The molecule has 5 unspecified atom stereocenters. The van der Waals surface area contributed by atoms with Gasteiger partial charge in [-0.15, -0.1) is 0 Å². The molecule has 1 aliphatic rings. The molecule has 1 rings (SSSR count). The number of hydrogen-bond donors (Lipinski definition) is 0. The maximum absolute atomic E-state index is 6.00. The van der Waals surface area contributed by atoms with E-state index in [4.69, 9.17) is 16.3 Å². The molecule has 0 aromatic heterocycles. The van der Waals surface area contributed by atoms with Crippen molar-refractivity contribution < 1.29 is 4.74 Å². The summed E-state index contributed by atoms with van der Waals surface area (Å²) in [5.41, 5.74) is -0.0869. The fourth-order valence-corrected chi connectivity index (χ4v) is 1.99. The molecule has 0 N–H and O–H groups in total. The molecule has 1 nitrogen and oxygen atoms in total. The minimum absolute atomic E-state index is 0.0869. The number of alkyl halides is 1. The topological polar surface area (TPSA) is 9.23 Å². The van der Waals surface area contributed by atoms with Crippen LogP contribution in [0.15, 0.2) is 0 Å². The maximum atomic E-state index is 6.00. The number of ether oxygens (including phenoxy) is 1. The van der Waals surface area contributed by atoms with Gasteiger partial charge in [0.05, 0.1) is 6.10 Å². The predicted molar refractivity (Wildman–Crippen MR) is 47.7 cm³/mol. The van der Waals surface area contributed by atoms with Gasteiger partial charge in [0.15, 0.2) is 0 Å². The van der Waals surface area contributed by atoms with Crippen LogP contribution in [0.25, 0.3) is 0 Å². The fourth-order valence-electron chi connectivity index (χ4n) is 1.60. The molecule has 11 heavy (non-hydrogen) atoms. The zero-order valence-corrected chi connectivity index (χ0v) is 8.43. The first-order valence-electron chi connectivity index (χ1n) is 4.33. The van der Waals surface area contributed by atoms with Crippen LogP contribution >= 0.6 is 11.6 Å². The lowest BCUT2D eigenvalue weighted by Gasteiger charge is -2.39. The van der Waals surface area contributed by atoms with Crippen LogP contribution in [0.5, 0.6) is 0 Å². The molecular weight excluding hydrogens is 160 g/mol. The Hall–Kier alpha value is 0.250. The van der Waals surface area contributed by atoms with Crippen molar-refractivity contribution in [3.8, 4) is 0 Å². The van der Waals surface area contributed by atoms with Crippen molar-refractivity contribution in [2.24, 2.45) is 17.8 Å². The van der Waals surface area contributed by atoms with Crippen molar-refractivity contribution in [1.29, 1.82) is 0 Å². The zero-order chi connectivity index (χ0) is 8.59. The van der Waals surface area contributed by atoms with Crippen LogP contribution in [0.1, 0.15) is 27.7 Å². The Morgan fingerprint density at radius 2 is 1.45 bits per heavy atom. The molecule has 5 atom stereocenters. The van der Waals surface area contributed by atoms with Crippen LogP contribution in [0.3, 0.4) is 0 Å². The quantitative estimate of drug-likeness (QED) is 0.516. The van der Waals surface area contributed by atoms with Crippen LogP contribution in [0, 0.1) is 17.8 Å². The Morgan fingerprint density at radius 3 is 2.00 bits per heavy atom. The van der Waals surface area contributed by atoms with Gasteiger partial charge in [0.25, 0.3) is 0 Å². The van der Waals surface area contributed by atoms with Crippen molar-refractivity contribution in [3.63, 3.8) is 0 Å². The summed E-state index contributed by atoms with van der Waals surface area (Å²) in [5, 5.41) is 0. The lowest BCUT2D eigenvalue weighted by Crippen LogP contribution is -2.40. The highest BCUT2D eigenvalue weighted by molar-refractivity contribution is 6.19. The molecule has 0 aromatic rings. The molecule has 1 saturated heterocycles. The van der Waals surface area contributed by atoms with Crippen molar-refractivity contribution in [3.05, 3.63) is 0 Å². The van der Waals surface area contributed by atoms with Crippen LogP contribution < -0.4 is 0 Å². The fraction of sp³-hybridized carbons (Fsp3) is 1.00. The smallest absolute Gasteiger partial charge is 0.134 e. The third-order valence-electron chi connectivity index (χ3n) is 3.16. The van der Waals surface area contributed by atoms with Gasteiger partial charge in [-0.1, -0.05) is 32.4 Å². The largest absolute Gasteiger partial charge is 0.359 e. The number of hydrogen-bond acceptors (Lipinski definition) is 1. The molecule has 0 amide bonds. The average molecular weight is 177 g/mol. The lowest BCUT2D eigenvalue weighted by atomic mass is 9.80. The second-order valence-electron chi connectivity index (χ2n) is 3.77. The highest BCUT2D eigenvalue weighted by Crippen LogP contribution is 2.35. The number of halogens is 1. The molecule has 0 spiro atoms. The van der Waals surface area contributed by atoms with Gasteiger partial charge in [-0.05, 0) is 24.7 Å². The Morgan fingerprint density at radius 1 is 0.909 bits per heavy atom. The molecule has 66 valence electrons. The van der Waals surface area contributed by atoms with Gasteiger partial charge in [0.1, 0.15) is 5.56 Å². The van der Waals surface area contributed by atoms with Crippen LogP contribution in [0.4, 0.5) is 0 Å². The monoisotopic (exact) mass is 176 g/mol. The normalized spacial score (nSPS) is 52.6. The molecule has 2 heteroatoms. The van der Waals surface area contributed by atoms with Gasteiger partial charge in [0.2, 0.25) is 0 Å². The van der Waals surface area contributed by atoms with Gasteiger partial charge < -0.3 is 4.74 Å². The van der Waals surface area contributed by atoms with E-state index >= 15 is 0 Å². The predicted octanol–water partition coefficient (Wildman–Crippen LogP) is 2.88. The first-order chi connectivity index (χ1) is 5.04. The number of rotatable bonds is 0. The van der Waals surface area contributed by atoms with E-state index in [1.54, 1.807) is 0 Å². The van der Waals surface area contributed by atoms with Crippen molar-refractivity contribution in [2.75, 3.05) is 0 Å². The molecule has 0 aliphatic carbocycles. The Labute approximate surface area is 74.1 Å². The summed E-state index contributed by atoms with van der Waals surface area (Å²) in [4.78, 5) is 0. The van der Waals surface area contributed by atoms with Gasteiger partial charge in [-0.25, -0.2) is 0 Å². The summed E-state index contributed by atoms with van der Waals surface area (Å²) in [6, 6.07) is 0. The van der Waals surface area contributed by atoms with Crippen molar-refractivity contribution in [1.82, 2.24) is 0 Å². The van der Waals surface area contributed by atoms with E-state index < -0.39 is 0 Å². The third kappa shape index (κ3) is 1.70. The van der Waals surface area contributed by atoms with Gasteiger partial charge in [0, 0.05) is 0 Å². The molecular formula is C9H17ClO. The van der Waals surface area contributed by atoms with Crippen LogP contribution in [-0.4, -0.2) is 11.7 Å². The molecule has 0 aromatic carbocycles. The molecule has 0 bridgehead atoms. The first kappa shape index (κ1) is 9.34. The van der Waals surface area contributed by atoms with Crippen LogP contribution in [0.2, 0.25) is 0 Å². The summed E-state index contributed by atoms with van der Waals surface area (Å²) in [6.07, 6.45) is 0.309. The van der Waals surface area contributed by atoms with E-state index in [9.17, 15) is 0 Å². The van der Waals surface area contributed by atoms with Crippen molar-refractivity contribution in [2.45, 2.75) is 39.4 Å². The third-order valence-corrected chi connectivity index (χ3v) is 3.66. The Bertz CT molecular complexity index is 124. The van der Waals surface area contributed by atoms with E-state index in [1.807, 2.05) is 0 Å². The second-order valence-corrected chi connectivity index (χ2v) is 4.20. The van der Waals surface area contributed by atoms with E-state index in [-0.39, 0.29) is 5.56 Å². The van der Waals surface area contributed by atoms with Crippen LogP contribution in [-0.2, 0) is 4.74 Å². The summed E-state index contributed by atoms with van der Waals surface area (Å²) in [6.45, 7) is 8.74. The summed E-state index contributed by atoms with van der Waals surface area (Å²) in [5.74, 6) is 1.77. The molecule has 1 fully saturated rings. The van der Waals surface area contributed by atoms with Gasteiger partial charge in [-0.3, -0.25) is 0 Å². The summed E-state index contributed by atoms with van der Waals surface area (Å²) < 4.78 is 5.55. The second kappa shape index (κ2) is 3.32. The minimum Gasteiger partial charge on any atom is -0.359 e. The lowest BCUT2D eigenvalue weighted by molar-refractivity contribution is -0.0877. The van der Waals surface area contributed by atoms with E-state index in [2.05, 4.69) is 27.7 Å². The van der Waals surface area contributed by atoms with Gasteiger partial charge >= 0.3 is 0 Å². The van der Waals surface area contributed by atoms with E-state index in [0.29, 0.717) is 23.9 Å². The first-order valence-corrected chi connectivity index (χ1v) is 4.77. The molecule has 1 heterocycles. The molecule has 1 aliphatic heterocycles. The van der Waals surface area contributed by atoms with Crippen molar-refractivity contribution >= 4 is 11.6 Å². The van der Waals surface area contributed by atoms with E-state index in [0.717, 1.165) is 0 Å². The zero-order valence-electron chi connectivity index (χ0n) is 7.67. The Balaban J connectivity index is 2.63. The van der Waals surface area contributed by atoms with Gasteiger partial charge in [-0.2, -0.15) is 0 Å². The maximum Gasteiger partial charge on any atom is 0.134 e. The minimum atomic E-state index is -0.0869. The van der Waals surface area contributed by atoms with E-state index in [1.165, 1.54) is 0 Å². The standard InChI is InChI=1S/C9H17ClO/c1-5-6(2)8(4)11-9(10)7(5)3/h5-9H,1-4H3. The highest BCUT2D eigenvalue weighted by Gasteiger charge is 2.35. The summed E-state index contributed by atoms with van der Waals surface area (Å²) >= 11 is 6.00. The Kier molecular flexibility index (Phi) is 2.82. The SMILES string of the molecule is CC1OC(Cl)C(C)C(C)C1C. The summed E-state index contributed by atoms with van der Waals surface area (Å²) in [7, 11) is 0.